The second-order valence-electron chi connectivity index (χ2n) is 11.5. The molecule has 2 unspecified atom stereocenters. The van der Waals surface area contributed by atoms with E-state index in [-0.39, 0.29) is 18.9 Å². The van der Waals surface area contributed by atoms with Crippen molar-refractivity contribution < 1.29 is 23.9 Å². The van der Waals surface area contributed by atoms with Gasteiger partial charge in [-0.15, -0.1) is 6.42 Å². The molecule has 1 aliphatic carbocycles. The number of nitrogens with zero attached hydrogens (tertiary/aromatic N) is 1. The Labute approximate surface area is 242 Å². The van der Waals surface area contributed by atoms with Gasteiger partial charge in [0.2, 0.25) is 11.8 Å². The molecule has 218 valence electrons. The van der Waals surface area contributed by atoms with Crippen molar-refractivity contribution in [2.24, 2.45) is 5.73 Å². The minimum atomic E-state index is -1.14. The number of anilines is 1. The molecule has 2 aromatic rings. The number of rotatable bonds is 10. The summed E-state index contributed by atoms with van der Waals surface area (Å²) < 4.78 is 5.39. The summed E-state index contributed by atoms with van der Waals surface area (Å²) in [5.41, 5.74) is 8.23. The van der Waals surface area contributed by atoms with Crippen molar-refractivity contribution in [3.05, 3.63) is 64.7 Å². The summed E-state index contributed by atoms with van der Waals surface area (Å²) in [6, 6.07) is 10.2. The zero-order valence-corrected chi connectivity index (χ0v) is 24.5. The number of para-hydroxylation sites is 1. The third kappa shape index (κ3) is 8.34. The van der Waals surface area contributed by atoms with Gasteiger partial charge in [-0.05, 0) is 89.1 Å². The van der Waals surface area contributed by atoms with Gasteiger partial charge in [-0.25, -0.2) is 4.79 Å². The number of ether oxygens (including phenoxy) is 1. The lowest BCUT2D eigenvalue weighted by atomic mass is 9.87. The van der Waals surface area contributed by atoms with Crippen LogP contribution in [0.25, 0.3) is 0 Å². The maximum absolute atomic E-state index is 14.3. The average Bonchev–Trinajstić information content (AvgIpc) is 2.86. The fraction of sp³-hybridized carbons (Fsp3) is 0.438. The molecular formula is C32H40N4O5. The van der Waals surface area contributed by atoms with E-state index in [4.69, 9.17) is 16.9 Å². The van der Waals surface area contributed by atoms with Gasteiger partial charge in [0, 0.05) is 23.7 Å². The van der Waals surface area contributed by atoms with E-state index < -0.39 is 41.5 Å². The molecule has 9 nitrogen and oxygen atoms in total. The average molecular weight is 561 g/mol. The number of hydrogen-bond donors (Lipinski definition) is 3. The van der Waals surface area contributed by atoms with Crippen LogP contribution in [-0.4, -0.2) is 46.4 Å². The Hall–Kier alpha value is -4.32. The highest BCUT2D eigenvalue weighted by Crippen LogP contribution is 2.35. The van der Waals surface area contributed by atoms with Crippen molar-refractivity contribution in [3.63, 3.8) is 0 Å². The molecule has 0 radical (unpaired) electrons. The van der Waals surface area contributed by atoms with E-state index in [0.717, 1.165) is 17.5 Å². The number of nitrogens with two attached hydrogens (primary N) is 1. The Bertz CT molecular complexity index is 1300. The first kappa shape index (κ1) is 31.2. The summed E-state index contributed by atoms with van der Waals surface area (Å²) in [6.07, 6.45) is 6.85. The summed E-state index contributed by atoms with van der Waals surface area (Å²) in [7, 11) is 0. The lowest BCUT2D eigenvalue weighted by Gasteiger charge is -2.43. The number of carbonyl (C=O) groups is 4. The van der Waals surface area contributed by atoms with Gasteiger partial charge in [-0.2, -0.15) is 0 Å². The predicted octanol–water partition coefficient (Wildman–Crippen LogP) is 4.50. The van der Waals surface area contributed by atoms with Crippen LogP contribution in [0.3, 0.4) is 0 Å². The van der Waals surface area contributed by atoms with Gasteiger partial charge in [-0.1, -0.05) is 36.3 Å². The Morgan fingerprint density at radius 3 is 2.17 bits per heavy atom. The fourth-order valence-corrected chi connectivity index (χ4v) is 4.76. The monoisotopic (exact) mass is 560 g/mol. The van der Waals surface area contributed by atoms with Crippen LogP contribution in [0.15, 0.2) is 42.5 Å². The predicted molar refractivity (Wildman–Crippen MR) is 158 cm³/mol. The quantitative estimate of drug-likeness (QED) is 0.368. The maximum Gasteiger partial charge on any atom is 0.408 e. The molecule has 2 aromatic carbocycles. The lowest BCUT2D eigenvalue weighted by molar-refractivity contribution is -0.146. The molecular weight excluding hydrogens is 520 g/mol. The van der Waals surface area contributed by atoms with Crippen LogP contribution in [0.4, 0.5) is 10.5 Å². The van der Waals surface area contributed by atoms with Crippen LogP contribution in [0, 0.1) is 26.2 Å². The summed E-state index contributed by atoms with van der Waals surface area (Å²) in [5.74, 6) is 1.06. The summed E-state index contributed by atoms with van der Waals surface area (Å²) in [6.45, 7) is 8.93. The summed E-state index contributed by atoms with van der Waals surface area (Å²) >= 11 is 0. The third-order valence-corrected chi connectivity index (χ3v) is 7.04. The Balaban J connectivity index is 2.07. The van der Waals surface area contributed by atoms with Gasteiger partial charge < -0.3 is 26.0 Å². The highest BCUT2D eigenvalue weighted by Gasteiger charge is 2.42. The fourth-order valence-electron chi connectivity index (χ4n) is 4.76. The van der Waals surface area contributed by atoms with Gasteiger partial charge >= 0.3 is 6.09 Å². The molecule has 1 fully saturated rings. The van der Waals surface area contributed by atoms with Crippen LogP contribution in [0.5, 0.6) is 0 Å². The molecule has 3 rings (SSSR count). The van der Waals surface area contributed by atoms with Gasteiger partial charge in [0.15, 0.2) is 0 Å². The van der Waals surface area contributed by atoms with E-state index in [1.807, 2.05) is 32.0 Å². The minimum Gasteiger partial charge on any atom is -0.444 e. The standard InChI is InChI=1S/C32H40N4O5/c1-7-22-14-16-23(17-15-22)28(29(38)35-27-20(2)10-8-11-21(27)3)36(24-12-9-13-24)30(39)25(18-19-26(33)37)34-31(40)41-32(4,5)6/h1,8,10-11,14-17,24-25,28H,9,12-13,18-19H2,2-6H3,(H2,33,37)(H,34,40)(H,35,38). The third-order valence-electron chi connectivity index (χ3n) is 7.04. The van der Waals surface area contributed by atoms with Crippen LogP contribution in [0.2, 0.25) is 0 Å². The number of alkyl carbamates (subject to hydrolysis) is 1. The lowest BCUT2D eigenvalue weighted by Crippen LogP contribution is -2.57. The van der Waals surface area contributed by atoms with E-state index in [9.17, 15) is 19.2 Å². The van der Waals surface area contributed by atoms with Gasteiger partial charge in [0.25, 0.3) is 5.91 Å². The number of hydrogen-bond acceptors (Lipinski definition) is 5. The van der Waals surface area contributed by atoms with Crippen molar-refractivity contribution >= 4 is 29.5 Å². The highest BCUT2D eigenvalue weighted by atomic mass is 16.6. The number of benzene rings is 2. The Morgan fingerprint density at radius 1 is 1.07 bits per heavy atom. The van der Waals surface area contributed by atoms with Gasteiger partial charge in [0.1, 0.15) is 17.7 Å². The maximum atomic E-state index is 14.3. The number of amides is 4. The van der Waals surface area contributed by atoms with Crippen molar-refractivity contribution in [3.8, 4) is 12.3 Å². The van der Waals surface area contributed by atoms with E-state index >= 15 is 0 Å². The smallest absolute Gasteiger partial charge is 0.408 e. The molecule has 4 N–H and O–H groups in total. The number of terminal acetylenes is 1. The van der Waals surface area contributed by atoms with Crippen LogP contribution < -0.4 is 16.4 Å². The number of carbonyl (C=O) groups excluding carboxylic acids is 4. The van der Waals surface area contributed by atoms with Crippen molar-refractivity contribution in [1.29, 1.82) is 0 Å². The molecule has 0 heterocycles. The molecule has 4 amide bonds. The molecule has 1 aliphatic rings. The number of nitrogens with one attached hydrogen (secondary N) is 2. The van der Waals surface area contributed by atoms with Crippen molar-refractivity contribution in [2.75, 3.05) is 5.32 Å². The van der Waals surface area contributed by atoms with Crippen LogP contribution >= 0.6 is 0 Å². The van der Waals surface area contributed by atoms with Gasteiger partial charge in [-0.3, -0.25) is 14.4 Å². The first-order valence-corrected chi connectivity index (χ1v) is 13.8. The first-order valence-electron chi connectivity index (χ1n) is 13.8. The molecule has 1 saturated carbocycles. The van der Waals surface area contributed by atoms with Crippen molar-refractivity contribution in [2.45, 2.75) is 90.4 Å². The molecule has 0 saturated heterocycles. The summed E-state index contributed by atoms with van der Waals surface area (Å²) in [4.78, 5) is 54.4. The first-order chi connectivity index (χ1) is 19.3. The SMILES string of the molecule is C#Cc1ccc(C(C(=O)Nc2c(C)cccc2C)N(C(=O)C(CCC(N)=O)NC(=O)OC(C)(C)C)C2CCC2)cc1. The Kier molecular flexibility index (Phi) is 10.2. The van der Waals surface area contributed by atoms with Crippen LogP contribution in [-0.2, 0) is 19.1 Å². The second kappa shape index (κ2) is 13.4. The van der Waals surface area contributed by atoms with Crippen molar-refractivity contribution in [1.82, 2.24) is 10.2 Å². The minimum absolute atomic E-state index is 0.0437. The van der Waals surface area contributed by atoms with Crippen LogP contribution in [0.1, 0.15) is 81.2 Å². The molecule has 0 spiro atoms. The zero-order valence-electron chi connectivity index (χ0n) is 24.5. The molecule has 0 aliphatic heterocycles. The highest BCUT2D eigenvalue weighted by molar-refractivity contribution is 6.00. The topological polar surface area (TPSA) is 131 Å². The van der Waals surface area contributed by atoms with E-state index in [0.29, 0.717) is 29.7 Å². The van der Waals surface area contributed by atoms with Gasteiger partial charge in [0.05, 0.1) is 0 Å². The largest absolute Gasteiger partial charge is 0.444 e. The molecule has 2 atom stereocenters. The number of primary amides is 1. The number of aryl methyl sites for hydroxylation is 2. The van der Waals surface area contributed by atoms with E-state index in [2.05, 4.69) is 16.6 Å². The zero-order chi connectivity index (χ0) is 30.3. The second-order valence-corrected chi connectivity index (χ2v) is 11.5. The molecule has 0 bridgehead atoms. The van der Waals surface area contributed by atoms with E-state index in [1.165, 1.54) is 0 Å². The van der Waals surface area contributed by atoms with E-state index in [1.54, 1.807) is 49.9 Å². The molecule has 0 aromatic heterocycles. The normalized spacial score (nSPS) is 14.5. The summed E-state index contributed by atoms with van der Waals surface area (Å²) in [5, 5.41) is 5.67. The Morgan fingerprint density at radius 2 is 1.68 bits per heavy atom. The molecule has 41 heavy (non-hydrogen) atoms. The molecule has 9 heteroatoms.